The van der Waals surface area contributed by atoms with Gasteiger partial charge in [0, 0.05) is 19.8 Å². The van der Waals surface area contributed by atoms with Crippen molar-refractivity contribution in [2.24, 2.45) is 5.73 Å². The molecule has 102 valence electrons. The number of nitrogens with zero attached hydrogens (tertiary/aromatic N) is 2. The first-order valence-electron chi connectivity index (χ1n) is 5.93. The van der Waals surface area contributed by atoms with Crippen LogP contribution in [-0.2, 0) is 16.0 Å². The molecular formula is C13H17N3O3. The fourth-order valence-electron chi connectivity index (χ4n) is 1.78. The van der Waals surface area contributed by atoms with Gasteiger partial charge < -0.3 is 19.7 Å². The Kier molecular flexibility index (Phi) is 4.62. The molecule has 0 spiro atoms. The number of aromatic nitrogens is 2. The molecule has 2 rings (SSSR count). The highest BCUT2D eigenvalue weighted by Gasteiger charge is 2.13. The molecule has 0 aliphatic rings. The molecule has 1 atom stereocenters. The summed E-state index contributed by atoms with van der Waals surface area (Å²) in [7, 11) is 3.29. The summed E-state index contributed by atoms with van der Waals surface area (Å²) in [4.78, 5) is 4.20. The summed E-state index contributed by atoms with van der Waals surface area (Å²) in [5.74, 6) is 0.940. The first-order chi connectivity index (χ1) is 9.28. The first-order valence-corrected chi connectivity index (χ1v) is 5.93. The second-order valence-corrected chi connectivity index (χ2v) is 4.02. The Balaban J connectivity index is 2.27. The van der Waals surface area contributed by atoms with Crippen LogP contribution < -0.4 is 5.73 Å². The van der Waals surface area contributed by atoms with Crippen LogP contribution in [0.5, 0.6) is 0 Å². The van der Waals surface area contributed by atoms with Crippen LogP contribution in [0.25, 0.3) is 11.4 Å². The molecule has 1 aromatic heterocycles. The molecular weight excluding hydrogens is 246 g/mol. The molecule has 2 aromatic rings. The highest BCUT2D eigenvalue weighted by molar-refractivity contribution is 5.55. The third kappa shape index (κ3) is 3.17. The van der Waals surface area contributed by atoms with Crippen LogP contribution in [0.15, 0.2) is 28.8 Å². The molecule has 0 radical (unpaired) electrons. The third-order valence-electron chi connectivity index (χ3n) is 2.76. The van der Waals surface area contributed by atoms with E-state index in [1.54, 1.807) is 14.2 Å². The summed E-state index contributed by atoms with van der Waals surface area (Å²) >= 11 is 0. The third-order valence-corrected chi connectivity index (χ3v) is 2.76. The van der Waals surface area contributed by atoms with Gasteiger partial charge in [0.15, 0.2) is 0 Å². The molecule has 6 nitrogen and oxygen atoms in total. The van der Waals surface area contributed by atoms with Gasteiger partial charge in [-0.15, -0.1) is 0 Å². The van der Waals surface area contributed by atoms with E-state index < -0.39 is 0 Å². The summed E-state index contributed by atoms with van der Waals surface area (Å²) in [6.45, 7) is 0.720. The molecule has 0 amide bonds. The second kappa shape index (κ2) is 6.42. The van der Waals surface area contributed by atoms with E-state index in [-0.39, 0.29) is 12.6 Å². The van der Waals surface area contributed by atoms with Gasteiger partial charge >= 0.3 is 0 Å². The molecule has 2 N–H and O–H groups in total. The number of rotatable bonds is 6. The Morgan fingerprint density at radius 1 is 1.37 bits per heavy atom. The summed E-state index contributed by atoms with van der Waals surface area (Å²) < 4.78 is 15.5. The van der Waals surface area contributed by atoms with Gasteiger partial charge in [0.2, 0.25) is 11.7 Å². The van der Waals surface area contributed by atoms with Crippen molar-refractivity contribution in [1.82, 2.24) is 10.1 Å². The average Bonchev–Trinajstić information content (AvgIpc) is 2.94. The molecule has 1 heterocycles. The highest BCUT2D eigenvalue weighted by atomic mass is 16.5. The Morgan fingerprint density at radius 3 is 2.84 bits per heavy atom. The van der Waals surface area contributed by atoms with Gasteiger partial charge in [0.1, 0.15) is 6.10 Å². The van der Waals surface area contributed by atoms with E-state index in [0.29, 0.717) is 18.3 Å². The van der Waals surface area contributed by atoms with Crippen molar-refractivity contribution in [3.8, 4) is 11.4 Å². The van der Waals surface area contributed by atoms with Crippen molar-refractivity contribution in [3.05, 3.63) is 35.7 Å². The number of hydrogen-bond acceptors (Lipinski definition) is 6. The number of ether oxygens (including phenoxy) is 2. The zero-order chi connectivity index (χ0) is 13.7. The van der Waals surface area contributed by atoms with Crippen LogP contribution in [0, 0.1) is 0 Å². The van der Waals surface area contributed by atoms with Gasteiger partial charge in [-0.2, -0.15) is 4.98 Å². The maximum atomic E-state index is 5.45. The van der Waals surface area contributed by atoms with E-state index in [1.165, 1.54) is 0 Å². The van der Waals surface area contributed by atoms with Crippen molar-refractivity contribution in [3.63, 3.8) is 0 Å². The van der Waals surface area contributed by atoms with E-state index in [2.05, 4.69) is 10.1 Å². The molecule has 1 unspecified atom stereocenters. The smallest absolute Gasteiger partial charge is 0.240 e. The minimum atomic E-state index is -0.120. The Morgan fingerprint density at radius 2 is 2.21 bits per heavy atom. The molecule has 19 heavy (non-hydrogen) atoms. The fourth-order valence-corrected chi connectivity index (χ4v) is 1.78. The van der Waals surface area contributed by atoms with Crippen LogP contribution in [0.2, 0.25) is 0 Å². The predicted octanol–water partition coefficient (Wildman–Crippen LogP) is 1.53. The molecule has 6 heteroatoms. The van der Waals surface area contributed by atoms with Gasteiger partial charge in [-0.25, -0.2) is 0 Å². The van der Waals surface area contributed by atoms with Gasteiger partial charge in [-0.3, -0.25) is 0 Å². The van der Waals surface area contributed by atoms with Crippen LogP contribution in [0.4, 0.5) is 0 Å². The van der Waals surface area contributed by atoms with E-state index in [4.69, 9.17) is 19.7 Å². The van der Waals surface area contributed by atoms with Gasteiger partial charge in [-0.05, 0) is 11.6 Å². The minimum absolute atomic E-state index is 0.120. The van der Waals surface area contributed by atoms with E-state index in [9.17, 15) is 0 Å². The monoisotopic (exact) mass is 263 g/mol. The lowest BCUT2D eigenvalue weighted by Gasteiger charge is -2.14. The SMILES string of the molecule is COCC(OC)c1cccc(-c2noc(CN)n2)c1. The lowest BCUT2D eigenvalue weighted by Crippen LogP contribution is -2.08. The highest BCUT2D eigenvalue weighted by Crippen LogP contribution is 2.23. The number of nitrogens with two attached hydrogens (primary N) is 1. The molecule has 0 saturated heterocycles. The zero-order valence-electron chi connectivity index (χ0n) is 11.0. The van der Waals surface area contributed by atoms with Crippen molar-refractivity contribution in [2.45, 2.75) is 12.6 Å². The van der Waals surface area contributed by atoms with Crippen molar-refractivity contribution < 1.29 is 14.0 Å². The van der Waals surface area contributed by atoms with Gasteiger partial charge in [0.25, 0.3) is 0 Å². The van der Waals surface area contributed by atoms with Gasteiger partial charge in [0.05, 0.1) is 13.2 Å². The van der Waals surface area contributed by atoms with Crippen molar-refractivity contribution in [2.75, 3.05) is 20.8 Å². The van der Waals surface area contributed by atoms with E-state index in [1.807, 2.05) is 24.3 Å². The van der Waals surface area contributed by atoms with E-state index >= 15 is 0 Å². The largest absolute Gasteiger partial charge is 0.382 e. The number of hydrogen-bond donors (Lipinski definition) is 1. The molecule has 0 aliphatic heterocycles. The average molecular weight is 263 g/mol. The topological polar surface area (TPSA) is 83.4 Å². The number of methoxy groups -OCH3 is 2. The first kappa shape index (κ1) is 13.7. The van der Waals surface area contributed by atoms with Crippen LogP contribution in [-0.4, -0.2) is 31.0 Å². The second-order valence-electron chi connectivity index (χ2n) is 4.02. The fraction of sp³-hybridized carbons (Fsp3) is 0.385. The molecule has 0 saturated carbocycles. The Hall–Kier alpha value is -1.76. The van der Waals surface area contributed by atoms with Crippen molar-refractivity contribution >= 4 is 0 Å². The number of benzene rings is 1. The van der Waals surface area contributed by atoms with Crippen molar-refractivity contribution in [1.29, 1.82) is 0 Å². The molecule has 1 aromatic carbocycles. The summed E-state index contributed by atoms with van der Waals surface area (Å²) in [6.07, 6.45) is -0.120. The molecule has 0 fully saturated rings. The lowest BCUT2D eigenvalue weighted by molar-refractivity contribution is 0.0275. The standard InChI is InChI=1S/C13H17N3O3/c1-17-8-11(18-2)9-4-3-5-10(6-9)13-15-12(7-14)19-16-13/h3-6,11H,7-8,14H2,1-2H3. The summed E-state index contributed by atoms with van der Waals surface area (Å²) in [5.41, 5.74) is 7.31. The van der Waals surface area contributed by atoms with Gasteiger partial charge in [-0.1, -0.05) is 23.4 Å². The quantitative estimate of drug-likeness (QED) is 0.851. The lowest BCUT2D eigenvalue weighted by atomic mass is 10.1. The normalized spacial score (nSPS) is 12.6. The Bertz CT molecular complexity index is 527. The predicted molar refractivity (Wildman–Crippen MR) is 69.3 cm³/mol. The Labute approximate surface area is 111 Å². The maximum Gasteiger partial charge on any atom is 0.240 e. The zero-order valence-corrected chi connectivity index (χ0v) is 11.0. The maximum absolute atomic E-state index is 5.45. The molecule has 0 aliphatic carbocycles. The summed E-state index contributed by atoms with van der Waals surface area (Å²) in [5, 5.41) is 3.89. The van der Waals surface area contributed by atoms with Crippen LogP contribution in [0.3, 0.4) is 0 Å². The summed E-state index contributed by atoms with van der Waals surface area (Å²) in [6, 6.07) is 7.76. The van der Waals surface area contributed by atoms with Crippen LogP contribution in [0.1, 0.15) is 17.6 Å². The van der Waals surface area contributed by atoms with Crippen LogP contribution >= 0.6 is 0 Å². The minimum Gasteiger partial charge on any atom is -0.382 e. The molecule has 0 bridgehead atoms. The van der Waals surface area contributed by atoms with E-state index in [0.717, 1.165) is 11.1 Å².